The summed E-state index contributed by atoms with van der Waals surface area (Å²) in [5, 5.41) is 3.41. The van der Waals surface area contributed by atoms with Crippen molar-refractivity contribution in [2.45, 2.75) is 6.92 Å². The fraction of sp³-hybridized carbons (Fsp3) is 0.107. The second-order valence-corrected chi connectivity index (χ2v) is 8.28. The number of aromatic nitrogens is 2. The molecule has 0 fully saturated rings. The van der Waals surface area contributed by atoms with Crippen LogP contribution in [0, 0.1) is 6.92 Å². The molecular weight excluding hydrogens is 458 g/mol. The Balaban J connectivity index is 1.35. The van der Waals surface area contributed by atoms with Crippen LogP contribution in [0.1, 0.15) is 5.69 Å². The standard InChI is InChI=1S/C28H23N3O5/c1-18-27(28(34)31(30(18)2)20-11-7-4-8-12-20)29-25(32)17-35-21-13-14-22-23(19-9-5-3-6-10-19)16-26(33)36-24(22)15-21/h3-16H,17H2,1-2H3,(H,29,32). The molecule has 1 N–H and O–H groups in total. The number of carbonyl (C=O) groups excluding carboxylic acids is 1. The maximum atomic E-state index is 13.0. The van der Waals surface area contributed by atoms with Crippen molar-refractivity contribution in [3.8, 4) is 22.6 Å². The first-order chi connectivity index (χ1) is 17.4. The Bertz CT molecular complexity index is 1680. The van der Waals surface area contributed by atoms with Gasteiger partial charge in [-0.2, -0.15) is 0 Å². The molecule has 5 rings (SSSR count). The molecule has 1 amide bonds. The zero-order valence-corrected chi connectivity index (χ0v) is 19.7. The monoisotopic (exact) mass is 481 g/mol. The van der Waals surface area contributed by atoms with Crippen LogP contribution in [0.25, 0.3) is 27.8 Å². The van der Waals surface area contributed by atoms with Gasteiger partial charge < -0.3 is 14.5 Å². The van der Waals surface area contributed by atoms with E-state index in [1.54, 1.807) is 36.9 Å². The minimum absolute atomic E-state index is 0.187. The van der Waals surface area contributed by atoms with Crippen LogP contribution < -0.4 is 21.2 Å². The van der Waals surface area contributed by atoms with Crippen molar-refractivity contribution >= 4 is 22.6 Å². The number of ether oxygens (including phenoxy) is 1. The summed E-state index contributed by atoms with van der Waals surface area (Å²) >= 11 is 0. The van der Waals surface area contributed by atoms with E-state index >= 15 is 0 Å². The molecule has 8 nitrogen and oxygen atoms in total. The van der Waals surface area contributed by atoms with Crippen molar-refractivity contribution < 1.29 is 13.9 Å². The van der Waals surface area contributed by atoms with Gasteiger partial charge in [0.25, 0.3) is 11.5 Å². The molecule has 0 unspecified atom stereocenters. The first-order valence-electron chi connectivity index (χ1n) is 11.3. The molecule has 0 spiro atoms. The minimum atomic E-state index is -0.486. The fourth-order valence-corrected chi connectivity index (χ4v) is 4.13. The van der Waals surface area contributed by atoms with Crippen LogP contribution in [0.3, 0.4) is 0 Å². The van der Waals surface area contributed by atoms with Gasteiger partial charge in [-0.1, -0.05) is 48.5 Å². The third-order valence-corrected chi connectivity index (χ3v) is 5.99. The number of hydrogen-bond acceptors (Lipinski definition) is 5. The number of para-hydroxylation sites is 1. The van der Waals surface area contributed by atoms with E-state index in [1.807, 2.05) is 60.7 Å². The van der Waals surface area contributed by atoms with Gasteiger partial charge in [0.15, 0.2) is 6.61 Å². The zero-order chi connectivity index (χ0) is 25.2. The van der Waals surface area contributed by atoms with E-state index in [9.17, 15) is 14.4 Å². The van der Waals surface area contributed by atoms with Gasteiger partial charge in [-0.3, -0.25) is 14.3 Å². The number of fused-ring (bicyclic) bond motifs is 1. The first kappa shape index (κ1) is 22.9. The Hall–Kier alpha value is -4.85. The molecule has 2 aromatic heterocycles. The second-order valence-electron chi connectivity index (χ2n) is 8.28. The Morgan fingerprint density at radius 1 is 0.944 bits per heavy atom. The van der Waals surface area contributed by atoms with Gasteiger partial charge in [0, 0.05) is 24.6 Å². The van der Waals surface area contributed by atoms with E-state index < -0.39 is 11.5 Å². The fourth-order valence-electron chi connectivity index (χ4n) is 4.13. The van der Waals surface area contributed by atoms with Gasteiger partial charge in [0.05, 0.1) is 11.4 Å². The highest BCUT2D eigenvalue weighted by Crippen LogP contribution is 2.29. The average Bonchev–Trinajstić information content (AvgIpc) is 3.10. The Labute approximate surface area is 206 Å². The highest BCUT2D eigenvalue weighted by molar-refractivity contribution is 5.94. The lowest BCUT2D eigenvalue weighted by Crippen LogP contribution is -2.25. The van der Waals surface area contributed by atoms with Crippen LogP contribution in [0.5, 0.6) is 5.75 Å². The number of anilines is 1. The Morgan fingerprint density at radius 2 is 1.64 bits per heavy atom. The highest BCUT2D eigenvalue weighted by Gasteiger charge is 2.18. The van der Waals surface area contributed by atoms with E-state index in [0.29, 0.717) is 22.7 Å². The van der Waals surface area contributed by atoms with Crippen LogP contribution >= 0.6 is 0 Å². The zero-order valence-electron chi connectivity index (χ0n) is 19.7. The molecule has 0 aliphatic rings. The molecule has 0 aliphatic carbocycles. The number of nitrogens with zero attached hydrogens (tertiary/aromatic N) is 2. The van der Waals surface area contributed by atoms with Crippen molar-refractivity contribution in [3.63, 3.8) is 0 Å². The summed E-state index contributed by atoms with van der Waals surface area (Å²) in [7, 11) is 1.75. The molecule has 0 radical (unpaired) electrons. The van der Waals surface area contributed by atoms with Gasteiger partial charge in [0.1, 0.15) is 17.0 Å². The SMILES string of the molecule is Cc1c(NC(=O)COc2ccc3c(-c4ccccc4)cc(=O)oc3c2)c(=O)n(-c2ccccc2)n1C. The van der Waals surface area contributed by atoms with E-state index in [-0.39, 0.29) is 17.9 Å². The largest absolute Gasteiger partial charge is 0.484 e. The molecule has 36 heavy (non-hydrogen) atoms. The highest BCUT2D eigenvalue weighted by atomic mass is 16.5. The molecule has 2 heterocycles. The van der Waals surface area contributed by atoms with Crippen molar-refractivity contribution in [1.82, 2.24) is 9.36 Å². The lowest BCUT2D eigenvalue weighted by atomic mass is 10.0. The molecule has 0 saturated carbocycles. The number of nitrogens with one attached hydrogen (secondary N) is 1. The topological polar surface area (TPSA) is 95.5 Å². The molecule has 180 valence electrons. The summed E-state index contributed by atoms with van der Waals surface area (Å²) in [5.74, 6) is -0.127. The lowest BCUT2D eigenvalue weighted by Gasteiger charge is -2.09. The average molecular weight is 482 g/mol. The number of carbonyl (C=O) groups is 1. The maximum Gasteiger partial charge on any atom is 0.336 e. The van der Waals surface area contributed by atoms with Gasteiger partial charge in [-0.25, -0.2) is 9.48 Å². The van der Waals surface area contributed by atoms with E-state index in [1.165, 1.54) is 10.7 Å². The first-order valence-corrected chi connectivity index (χ1v) is 11.3. The van der Waals surface area contributed by atoms with Crippen molar-refractivity contribution in [3.05, 3.63) is 111 Å². The molecule has 3 aromatic carbocycles. The summed E-state index contributed by atoms with van der Waals surface area (Å²) < 4.78 is 14.2. The third kappa shape index (κ3) is 4.32. The molecule has 0 aliphatic heterocycles. The maximum absolute atomic E-state index is 13.0. The molecule has 0 bridgehead atoms. The predicted octanol–water partition coefficient (Wildman–Crippen LogP) is 4.28. The van der Waals surface area contributed by atoms with E-state index in [2.05, 4.69) is 5.32 Å². The summed E-state index contributed by atoms with van der Waals surface area (Å²) in [5.41, 5.74) is 2.66. The Morgan fingerprint density at radius 3 is 2.36 bits per heavy atom. The van der Waals surface area contributed by atoms with Crippen molar-refractivity contribution in [2.75, 3.05) is 11.9 Å². The van der Waals surface area contributed by atoms with E-state index in [0.717, 1.165) is 16.5 Å². The lowest BCUT2D eigenvalue weighted by molar-refractivity contribution is -0.118. The molecule has 5 aromatic rings. The van der Waals surface area contributed by atoms with Crippen LogP contribution in [-0.2, 0) is 11.8 Å². The van der Waals surface area contributed by atoms with E-state index in [4.69, 9.17) is 9.15 Å². The summed E-state index contributed by atoms with van der Waals surface area (Å²) in [4.78, 5) is 37.8. The van der Waals surface area contributed by atoms with Crippen molar-refractivity contribution in [1.29, 1.82) is 0 Å². The van der Waals surface area contributed by atoms with Crippen LogP contribution in [0.4, 0.5) is 5.69 Å². The molecular formula is C28H23N3O5. The molecule has 8 heteroatoms. The predicted molar refractivity (Wildman–Crippen MR) is 138 cm³/mol. The minimum Gasteiger partial charge on any atom is -0.484 e. The summed E-state index contributed by atoms with van der Waals surface area (Å²) in [6.45, 7) is 1.43. The quantitative estimate of drug-likeness (QED) is 0.366. The van der Waals surface area contributed by atoms with Crippen LogP contribution in [0.15, 0.2) is 98.9 Å². The molecule has 0 saturated heterocycles. The van der Waals surface area contributed by atoms with Gasteiger partial charge >= 0.3 is 5.63 Å². The normalized spacial score (nSPS) is 10.9. The summed E-state index contributed by atoms with van der Waals surface area (Å²) in [6.07, 6.45) is 0. The van der Waals surface area contributed by atoms with Crippen LogP contribution in [0.2, 0.25) is 0 Å². The molecule has 0 atom stereocenters. The third-order valence-electron chi connectivity index (χ3n) is 5.99. The van der Waals surface area contributed by atoms with Gasteiger partial charge in [0.2, 0.25) is 0 Å². The number of amides is 1. The number of benzene rings is 3. The van der Waals surface area contributed by atoms with Gasteiger partial charge in [-0.15, -0.1) is 0 Å². The van der Waals surface area contributed by atoms with Crippen molar-refractivity contribution in [2.24, 2.45) is 7.05 Å². The van der Waals surface area contributed by atoms with Crippen LogP contribution in [-0.4, -0.2) is 21.9 Å². The number of hydrogen-bond donors (Lipinski definition) is 1. The smallest absolute Gasteiger partial charge is 0.336 e. The van der Waals surface area contributed by atoms with Gasteiger partial charge in [-0.05, 0) is 42.3 Å². The number of rotatable bonds is 6. The second kappa shape index (κ2) is 9.42. The summed E-state index contributed by atoms with van der Waals surface area (Å²) in [6, 6.07) is 25.2. The Kier molecular flexibility index (Phi) is 6.00.